The largest absolute Gasteiger partial charge is 0.496 e. The van der Waals surface area contributed by atoms with E-state index in [1.54, 1.807) is 12.1 Å². The number of nitro benzene ring substituents is 1. The van der Waals surface area contributed by atoms with Crippen LogP contribution in [0.5, 0.6) is 5.75 Å². The molecular formula is C13H18N2O4. The van der Waals surface area contributed by atoms with E-state index in [-0.39, 0.29) is 17.7 Å². The molecule has 6 nitrogen and oxygen atoms in total. The summed E-state index contributed by atoms with van der Waals surface area (Å²) in [5.41, 5.74) is 0.622. The molecule has 1 aliphatic carbocycles. The molecule has 0 saturated heterocycles. The summed E-state index contributed by atoms with van der Waals surface area (Å²) in [7, 11) is 1.48. The van der Waals surface area contributed by atoms with Crippen molar-refractivity contribution in [1.29, 1.82) is 0 Å². The fourth-order valence-electron chi connectivity index (χ4n) is 2.15. The van der Waals surface area contributed by atoms with Crippen LogP contribution in [0, 0.1) is 15.5 Å². The second-order valence-electron chi connectivity index (χ2n) is 4.97. The van der Waals surface area contributed by atoms with Crippen molar-refractivity contribution in [3.8, 4) is 5.75 Å². The number of rotatable bonds is 7. The maximum absolute atomic E-state index is 11.0. The van der Waals surface area contributed by atoms with Crippen LogP contribution in [0.1, 0.15) is 19.3 Å². The molecule has 1 aliphatic rings. The van der Waals surface area contributed by atoms with Gasteiger partial charge in [0.1, 0.15) is 11.4 Å². The number of methoxy groups -OCH3 is 1. The summed E-state index contributed by atoms with van der Waals surface area (Å²) in [6.07, 6.45) is 2.86. The molecule has 0 amide bonds. The number of aliphatic hydroxyl groups excluding tert-OH is 1. The molecular weight excluding hydrogens is 248 g/mol. The van der Waals surface area contributed by atoms with Gasteiger partial charge in [-0.05, 0) is 36.8 Å². The first-order valence-electron chi connectivity index (χ1n) is 6.27. The number of benzene rings is 1. The van der Waals surface area contributed by atoms with E-state index in [4.69, 9.17) is 9.84 Å². The lowest BCUT2D eigenvalue weighted by Crippen LogP contribution is -2.17. The zero-order chi connectivity index (χ0) is 13.9. The molecule has 0 aliphatic heterocycles. The fourth-order valence-corrected chi connectivity index (χ4v) is 2.15. The van der Waals surface area contributed by atoms with Gasteiger partial charge in [-0.1, -0.05) is 0 Å². The number of nitro groups is 1. The lowest BCUT2D eigenvalue weighted by atomic mass is 10.0. The van der Waals surface area contributed by atoms with Crippen LogP contribution < -0.4 is 10.1 Å². The molecule has 0 unspecified atom stereocenters. The Hall–Kier alpha value is -1.82. The Morgan fingerprint density at radius 1 is 1.53 bits per heavy atom. The van der Waals surface area contributed by atoms with Crippen LogP contribution in [0.4, 0.5) is 11.4 Å². The van der Waals surface area contributed by atoms with E-state index in [9.17, 15) is 10.1 Å². The molecule has 0 atom stereocenters. The highest BCUT2D eigenvalue weighted by Crippen LogP contribution is 2.48. The Bertz CT molecular complexity index is 472. The monoisotopic (exact) mass is 266 g/mol. The third-order valence-corrected chi connectivity index (χ3v) is 3.65. The van der Waals surface area contributed by atoms with Crippen LogP contribution in [0.15, 0.2) is 18.2 Å². The number of aliphatic hydroxyl groups is 1. The number of nitrogens with one attached hydrogen (secondary N) is 1. The smallest absolute Gasteiger partial charge is 0.296 e. The predicted molar refractivity (Wildman–Crippen MR) is 71.5 cm³/mol. The highest BCUT2D eigenvalue weighted by atomic mass is 16.6. The third kappa shape index (κ3) is 3.14. The Labute approximate surface area is 111 Å². The first kappa shape index (κ1) is 13.6. The third-order valence-electron chi connectivity index (χ3n) is 3.65. The van der Waals surface area contributed by atoms with Gasteiger partial charge in [0.15, 0.2) is 0 Å². The molecule has 1 saturated carbocycles. The van der Waals surface area contributed by atoms with Gasteiger partial charge < -0.3 is 15.2 Å². The molecule has 2 rings (SSSR count). The first-order valence-corrected chi connectivity index (χ1v) is 6.27. The van der Waals surface area contributed by atoms with Crippen LogP contribution in [0.25, 0.3) is 0 Å². The van der Waals surface area contributed by atoms with Crippen molar-refractivity contribution >= 4 is 11.4 Å². The van der Waals surface area contributed by atoms with Crippen molar-refractivity contribution in [1.82, 2.24) is 0 Å². The zero-order valence-corrected chi connectivity index (χ0v) is 10.9. The molecule has 0 radical (unpaired) electrons. The van der Waals surface area contributed by atoms with Crippen LogP contribution in [-0.4, -0.2) is 30.3 Å². The van der Waals surface area contributed by atoms with E-state index in [1.165, 1.54) is 13.2 Å². The van der Waals surface area contributed by atoms with Crippen molar-refractivity contribution in [2.45, 2.75) is 19.3 Å². The maximum atomic E-state index is 11.0. The van der Waals surface area contributed by atoms with Crippen LogP contribution in [-0.2, 0) is 0 Å². The minimum atomic E-state index is -0.420. The van der Waals surface area contributed by atoms with Crippen molar-refractivity contribution in [3.05, 3.63) is 28.3 Å². The first-order chi connectivity index (χ1) is 9.10. The van der Waals surface area contributed by atoms with Crippen molar-refractivity contribution < 1.29 is 14.8 Å². The van der Waals surface area contributed by atoms with Gasteiger partial charge in [0.2, 0.25) is 0 Å². The second kappa shape index (κ2) is 5.44. The minimum absolute atomic E-state index is 0.0131. The lowest BCUT2D eigenvalue weighted by Gasteiger charge is -2.15. The summed E-state index contributed by atoms with van der Waals surface area (Å²) in [4.78, 5) is 10.6. The Balaban J connectivity index is 2.09. The maximum Gasteiger partial charge on any atom is 0.296 e. The Morgan fingerprint density at radius 2 is 2.26 bits per heavy atom. The van der Waals surface area contributed by atoms with E-state index in [0.29, 0.717) is 18.0 Å². The van der Waals surface area contributed by atoms with Crippen LogP contribution >= 0.6 is 0 Å². The van der Waals surface area contributed by atoms with Gasteiger partial charge in [0.05, 0.1) is 18.1 Å². The summed E-state index contributed by atoms with van der Waals surface area (Å²) in [6, 6.07) is 4.76. The molecule has 6 heteroatoms. The quantitative estimate of drug-likeness (QED) is 0.583. The highest BCUT2D eigenvalue weighted by molar-refractivity contribution is 5.64. The molecule has 1 fully saturated rings. The van der Waals surface area contributed by atoms with Crippen LogP contribution in [0.3, 0.4) is 0 Å². The van der Waals surface area contributed by atoms with E-state index in [1.807, 2.05) is 0 Å². The van der Waals surface area contributed by atoms with E-state index < -0.39 is 4.92 Å². The molecule has 1 aromatic carbocycles. The molecule has 0 aromatic heterocycles. The zero-order valence-electron chi connectivity index (χ0n) is 10.9. The van der Waals surface area contributed by atoms with Gasteiger partial charge in [-0.3, -0.25) is 10.1 Å². The number of hydrogen-bond donors (Lipinski definition) is 2. The molecule has 19 heavy (non-hydrogen) atoms. The summed E-state index contributed by atoms with van der Waals surface area (Å²) in [5, 5.41) is 23.1. The summed E-state index contributed by atoms with van der Waals surface area (Å²) in [6.45, 7) is 0.813. The van der Waals surface area contributed by atoms with E-state index in [0.717, 1.165) is 19.3 Å². The molecule has 0 heterocycles. The second-order valence-corrected chi connectivity index (χ2v) is 4.97. The minimum Gasteiger partial charge on any atom is -0.496 e. The van der Waals surface area contributed by atoms with E-state index >= 15 is 0 Å². The summed E-state index contributed by atoms with van der Waals surface area (Å²) < 4.78 is 4.99. The molecule has 0 spiro atoms. The topological polar surface area (TPSA) is 84.6 Å². The molecule has 104 valence electrons. The Kier molecular flexibility index (Phi) is 3.90. The Morgan fingerprint density at radius 3 is 2.79 bits per heavy atom. The normalized spacial score (nSPS) is 15.9. The van der Waals surface area contributed by atoms with Gasteiger partial charge in [-0.25, -0.2) is 0 Å². The molecule has 2 N–H and O–H groups in total. The predicted octanol–water partition coefficient (Wildman–Crippen LogP) is 2.18. The standard InChI is InChI=1S/C13H18N2O4/c1-19-10-2-3-11(12(8-10)15(17)18)14-9-13(4-5-13)6-7-16/h2-3,8,14,16H,4-7,9H2,1H3. The van der Waals surface area contributed by atoms with Crippen molar-refractivity contribution in [2.24, 2.45) is 5.41 Å². The SMILES string of the molecule is COc1ccc(NCC2(CCO)CC2)c([N+](=O)[O-])c1. The average Bonchev–Trinajstić information content (AvgIpc) is 3.17. The molecule has 0 bridgehead atoms. The average molecular weight is 266 g/mol. The van der Waals surface area contributed by atoms with Crippen molar-refractivity contribution in [2.75, 3.05) is 25.6 Å². The number of hydrogen-bond acceptors (Lipinski definition) is 5. The number of ether oxygens (including phenoxy) is 1. The van der Waals surface area contributed by atoms with Gasteiger partial charge in [0, 0.05) is 13.2 Å². The van der Waals surface area contributed by atoms with Gasteiger partial charge in [-0.15, -0.1) is 0 Å². The van der Waals surface area contributed by atoms with Gasteiger partial charge in [0.25, 0.3) is 5.69 Å². The summed E-state index contributed by atoms with van der Waals surface area (Å²) >= 11 is 0. The highest BCUT2D eigenvalue weighted by Gasteiger charge is 2.41. The molecule has 1 aromatic rings. The lowest BCUT2D eigenvalue weighted by molar-refractivity contribution is -0.384. The van der Waals surface area contributed by atoms with Crippen LogP contribution in [0.2, 0.25) is 0 Å². The number of anilines is 1. The van der Waals surface area contributed by atoms with E-state index in [2.05, 4.69) is 5.32 Å². The summed E-state index contributed by atoms with van der Waals surface area (Å²) in [5.74, 6) is 0.466. The fraction of sp³-hybridized carbons (Fsp3) is 0.538. The number of nitrogens with zero attached hydrogens (tertiary/aromatic N) is 1. The van der Waals surface area contributed by atoms with Gasteiger partial charge >= 0.3 is 0 Å². The van der Waals surface area contributed by atoms with Crippen molar-refractivity contribution in [3.63, 3.8) is 0 Å². The van der Waals surface area contributed by atoms with Gasteiger partial charge in [-0.2, -0.15) is 0 Å².